The summed E-state index contributed by atoms with van der Waals surface area (Å²) >= 11 is 3.27. The van der Waals surface area contributed by atoms with Gasteiger partial charge in [0.15, 0.2) is 6.33 Å². The molecular weight excluding hydrogens is 304 g/mol. The molecule has 1 heterocycles. The first-order chi connectivity index (χ1) is 8.66. The van der Waals surface area contributed by atoms with Crippen LogP contribution in [0.2, 0.25) is 0 Å². The summed E-state index contributed by atoms with van der Waals surface area (Å²) in [6, 6.07) is 4.73. The average molecular weight is 313 g/mol. The smallest absolute Gasteiger partial charge is 0.292 e. The molecule has 7 nitrogen and oxygen atoms in total. The zero-order chi connectivity index (χ0) is 13.0. The van der Waals surface area contributed by atoms with Crippen molar-refractivity contribution in [2.75, 3.05) is 11.9 Å². The van der Waals surface area contributed by atoms with Gasteiger partial charge in [0.25, 0.3) is 5.69 Å². The Hall–Kier alpha value is -1.96. The molecule has 2 aromatic rings. The highest BCUT2D eigenvalue weighted by Crippen LogP contribution is 2.27. The lowest BCUT2D eigenvalue weighted by molar-refractivity contribution is -0.384. The van der Waals surface area contributed by atoms with Gasteiger partial charge >= 0.3 is 0 Å². The number of nitrogens with one attached hydrogen (secondary N) is 1. The van der Waals surface area contributed by atoms with Gasteiger partial charge in [-0.25, -0.2) is 0 Å². The Labute approximate surface area is 110 Å². The van der Waals surface area contributed by atoms with E-state index < -0.39 is 4.92 Å². The SMILES string of the molecule is O=[N+]([O-])c1ccc(Br)cc1NCCc1ncno1. The zero-order valence-electron chi connectivity index (χ0n) is 9.17. The fraction of sp³-hybridized carbons (Fsp3) is 0.200. The second-order valence-electron chi connectivity index (χ2n) is 3.43. The number of hydrogen-bond acceptors (Lipinski definition) is 6. The van der Waals surface area contributed by atoms with Gasteiger partial charge in [-0.1, -0.05) is 21.1 Å². The fourth-order valence-corrected chi connectivity index (χ4v) is 1.78. The Kier molecular flexibility index (Phi) is 3.88. The zero-order valence-corrected chi connectivity index (χ0v) is 10.8. The predicted octanol–water partition coefficient (Wildman–Crippen LogP) is 2.39. The Morgan fingerprint density at radius 2 is 2.33 bits per heavy atom. The maximum Gasteiger partial charge on any atom is 0.292 e. The van der Waals surface area contributed by atoms with Crippen LogP contribution in [-0.4, -0.2) is 21.6 Å². The highest BCUT2D eigenvalue weighted by Gasteiger charge is 2.13. The molecule has 0 amide bonds. The van der Waals surface area contributed by atoms with Crippen LogP contribution in [0.3, 0.4) is 0 Å². The van der Waals surface area contributed by atoms with Gasteiger partial charge in [-0.2, -0.15) is 4.98 Å². The molecule has 0 bridgehead atoms. The predicted molar refractivity (Wildman–Crippen MR) is 67.3 cm³/mol. The number of rotatable bonds is 5. The molecule has 0 aliphatic rings. The van der Waals surface area contributed by atoms with Gasteiger partial charge in [0.2, 0.25) is 5.89 Å². The van der Waals surface area contributed by atoms with Gasteiger partial charge in [0, 0.05) is 23.5 Å². The molecule has 94 valence electrons. The number of aromatic nitrogens is 2. The average Bonchev–Trinajstić information content (AvgIpc) is 2.82. The van der Waals surface area contributed by atoms with Crippen LogP contribution < -0.4 is 5.32 Å². The van der Waals surface area contributed by atoms with E-state index in [2.05, 4.69) is 31.4 Å². The summed E-state index contributed by atoms with van der Waals surface area (Å²) in [7, 11) is 0. The standard InChI is InChI=1S/C10H9BrN4O3/c11-7-1-2-9(15(16)17)8(5-7)12-4-3-10-13-6-14-18-10/h1-2,5-6,12H,3-4H2. The minimum absolute atomic E-state index is 0.0312. The third-order valence-electron chi connectivity index (χ3n) is 2.22. The minimum atomic E-state index is -0.429. The van der Waals surface area contributed by atoms with E-state index in [-0.39, 0.29) is 5.69 Å². The number of nitro groups is 1. The monoisotopic (exact) mass is 312 g/mol. The molecule has 0 radical (unpaired) electrons. The van der Waals surface area contributed by atoms with Crippen LogP contribution in [0.25, 0.3) is 0 Å². The second-order valence-corrected chi connectivity index (χ2v) is 4.35. The van der Waals surface area contributed by atoms with Crippen molar-refractivity contribution >= 4 is 27.3 Å². The van der Waals surface area contributed by atoms with E-state index in [0.717, 1.165) is 4.47 Å². The number of benzene rings is 1. The minimum Gasteiger partial charge on any atom is -0.379 e. The Morgan fingerprint density at radius 3 is 3.00 bits per heavy atom. The molecule has 2 rings (SSSR count). The van der Waals surface area contributed by atoms with Crippen molar-refractivity contribution in [2.45, 2.75) is 6.42 Å². The van der Waals surface area contributed by atoms with E-state index in [4.69, 9.17) is 4.52 Å². The normalized spacial score (nSPS) is 10.3. The quantitative estimate of drug-likeness (QED) is 0.673. The van der Waals surface area contributed by atoms with Crippen molar-refractivity contribution in [3.05, 3.63) is 45.0 Å². The summed E-state index contributed by atoms with van der Waals surface area (Å²) < 4.78 is 5.60. The summed E-state index contributed by atoms with van der Waals surface area (Å²) in [4.78, 5) is 14.3. The molecular formula is C10H9BrN4O3. The number of nitro benzene ring substituents is 1. The number of anilines is 1. The maximum atomic E-state index is 10.8. The highest BCUT2D eigenvalue weighted by atomic mass is 79.9. The van der Waals surface area contributed by atoms with E-state index in [0.29, 0.717) is 24.5 Å². The van der Waals surface area contributed by atoms with Gasteiger partial charge in [-0.3, -0.25) is 10.1 Å². The van der Waals surface area contributed by atoms with E-state index in [1.54, 1.807) is 12.1 Å². The molecule has 18 heavy (non-hydrogen) atoms. The Balaban J connectivity index is 2.03. The van der Waals surface area contributed by atoms with E-state index in [1.165, 1.54) is 12.4 Å². The summed E-state index contributed by atoms with van der Waals surface area (Å²) in [5, 5.41) is 17.3. The fourth-order valence-electron chi connectivity index (χ4n) is 1.42. The largest absolute Gasteiger partial charge is 0.379 e. The Morgan fingerprint density at radius 1 is 1.50 bits per heavy atom. The van der Waals surface area contributed by atoms with Crippen LogP contribution in [-0.2, 0) is 6.42 Å². The lowest BCUT2D eigenvalue weighted by atomic mass is 10.2. The van der Waals surface area contributed by atoms with E-state index in [9.17, 15) is 10.1 Å². The number of halogens is 1. The molecule has 0 saturated heterocycles. The van der Waals surface area contributed by atoms with Crippen LogP contribution >= 0.6 is 15.9 Å². The summed E-state index contributed by atoms with van der Waals surface area (Å²) in [5.74, 6) is 0.486. The first-order valence-electron chi connectivity index (χ1n) is 5.10. The van der Waals surface area contributed by atoms with E-state index in [1.807, 2.05) is 0 Å². The number of nitrogens with zero attached hydrogens (tertiary/aromatic N) is 3. The van der Waals surface area contributed by atoms with Crippen LogP contribution in [0.4, 0.5) is 11.4 Å². The summed E-state index contributed by atoms with van der Waals surface area (Å²) in [6.07, 6.45) is 1.82. The van der Waals surface area contributed by atoms with Crippen molar-refractivity contribution < 1.29 is 9.45 Å². The van der Waals surface area contributed by atoms with Crippen LogP contribution in [0.1, 0.15) is 5.89 Å². The molecule has 0 atom stereocenters. The first-order valence-corrected chi connectivity index (χ1v) is 5.89. The summed E-state index contributed by atoms with van der Waals surface area (Å²) in [5.41, 5.74) is 0.484. The third kappa shape index (κ3) is 3.04. The first kappa shape index (κ1) is 12.5. The van der Waals surface area contributed by atoms with Crippen molar-refractivity contribution in [1.82, 2.24) is 10.1 Å². The van der Waals surface area contributed by atoms with Crippen molar-refractivity contribution in [3.8, 4) is 0 Å². The van der Waals surface area contributed by atoms with Crippen molar-refractivity contribution in [2.24, 2.45) is 0 Å². The molecule has 0 saturated carbocycles. The molecule has 0 spiro atoms. The molecule has 1 N–H and O–H groups in total. The van der Waals surface area contributed by atoms with Gasteiger partial charge < -0.3 is 9.84 Å². The molecule has 1 aromatic heterocycles. The van der Waals surface area contributed by atoms with Crippen LogP contribution in [0.5, 0.6) is 0 Å². The van der Waals surface area contributed by atoms with Crippen molar-refractivity contribution in [3.63, 3.8) is 0 Å². The molecule has 0 aliphatic carbocycles. The number of hydrogen-bond donors (Lipinski definition) is 1. The van der Waals surface area contributed by atoms with Gasteiger partial charge in [-0.05, 0) is 12.1 Å². The highest BCUT2D eigenvalue weighted by molar-refractivity contribution is 9.10. The lowest BCUT2D eigenvalue weighted by Gasteiger charge is -2.06. The van der Waals surface area contributed by atoms with Gasteiger partial charge in [0.1, 0.15) is 5.69 Å². The third-order valence-corrected chi connectivity index (χ3v) is 2.71. The van der Waals surface area contributed by atoms with Crippen molar-refractivity contribution in [1.29, 1.82) is 0 Å². The van der Waals surface area contributed by atoms with E-state index >= 15 is 0 Å². The second kappa shape index (κ2) is 5.58. The topological polar surface area (TPSA) is 94.1 Å². The maximum absolute atomic E-state index is 10.8. The molecule has 0 unspecified atom stereocenters. The molecule has 1 aromatic carbocycles. The Bertz CT molecular complexity index is 544. The van der Waals surface area contributed by atoms with Crippen LogP contribution in [0.15, 0.2) is 33.5 Å². The molecule has 0 fully saturated rings. The summed E-state index contributed by atoms with van der Waals surface area (Å²) in [6.45, 7) is 0.472. The van der Waals surface area contributed by atoms with Crippen LogP contribution in [0, 0.1) is 10.1 Å². The van der Waals surface area contributed by atoms with Gasteiger partial charge in [-0.15, -0.1) is 0 Å². The molecule has 8 heteroatoms. The van der Waals surface area contributed by atoms with Gasteiger partial charge in [0.05, 0.1) is 4.92 Å². The lowest BCUT2D eigenvalue weighted by Crippen LogP contribution is -2.07. The molecule has 0 aliphatic heterocycles.